The molecule has 19 heavy (non-hydrogen) atoms. The van der Waals surface area contributed by atoms with E-state index in [9.17, 15) is 14.7 Å². The van der Waals surface area contributed by atoms with Crippen molar-refractivity contribution in [3.8, 4) is 0 Å². The van der Waals surface area contributed by atoms with Crippen LogP contribution in [0.15, 0.2) is 6.33 Å². The molecule has 8 nitrogen and oxygen atoms in total. The third kappa shape index (κ3) is 3.52. The molecule has 0 spiro atoms. The summed E-state index contributed by atoms with van der Waals surface area (Å²) in [6, 6.07) is 0. The first-order valence-corrected chi connectivity index (χ1v) is 5.82. The Balaban J connectivity index is 2.85. The Labute approximate surface area is 110 Å². The molecule has 1 heterocycles. The Kier molecular flexibility index (Phi) is 5.02. The smallest absolute Gasteiger partial charge is 0.269 e. The van der Waals surface area contributed by atoms with Gasteiger partial charge >= 0.3 is 0 Å². The predicted molar refractivity (Wildman–Crippen MR) is 66.1 cm³/mol. The van der Waals surface area contributed by atoms with Crippen molar-refractivity contribution >= 4 is 11.8 Å². The zero-order chi connectivity index (χ0) is 14.6. The fourth-order valence-electron chi connectivity index (χ4n) is 1.67. The second-order valence-electron chi connectivity index (χ2n) is 4.38. The average molecular weight is 270 g/mol. The number of hydrogen-bond acceptors (Lipinski definition) is 5. The quantitative estimate of drug-likeness (QED) is 0.474. The van der Waals surface area contributed by atoms with E-state index in [1.54, 1.807) is 6.92 Å². The molecule has 2 atom stereocenters. The fourth-order valence-corrected chi connectivity index (χ4v) is 1.67. The van der Waals surface area contributed by atoms with Gasteiger partial charge in [0, 0.05) is 19.1 Å². The van der Waals surface area contributed by atoms with Crippen LogP contribution in [0.25, 0.3) is 0 Å². The van der Waals surface area contributed by atoms with Gasteiger partial charge in [0.15, 0.2) is 5.69 Å². The highest BCUT2D eigenvalue weighted by molar-refractivity contribution is 6.03. The maximum absolute atomic E-state index is 11.3. The number of rotatable bonds is 7. The van der Waals surface area contributed by atoms with Gasteiger partial charge < -0.3 is 26.2 Å². The van der Waals surface area contributed by atoms with Gasteiger partial charge in [0.05, 0.1) is 12.4 Å². The van der Waals surface area contributed by atoms with Crippen LogP contribution in [-0.2, 0) is 6.54 Å². The molecular formula is C11H18N4O4. The monoisotopic (exact) mass is 270 g/mol. The van der Waals surface area contributed by atoms with Crippen molar-refractivity contribution in [2.75, 3.05) is 6.61 Å². The zero-order valence-corrected chi connectivity index (χ0v) is 10.6. The highest BCUT2D eigenvalue weighted by Gasteiger charge is 2.21. The number of aliphatic hydroxyl groups excluding tert-OH is 2. The lowest BCUT2D eigenvalue weighted by Crippen LogP contribution is -2.26. The number of nitrogens with zero attached hydrogens (tertiary/aromatic N) is 2. The van der Waals surface area contributed by atoms with Crippen molar-refractivity contribution in [2.24, 2.45) is 17.4 Å². The number of carbonyl (C=O) groups excluding carboxylic acids is 2. The summed E-state index contributed by atoms with van der Waals surface area (Å²) in [5.41, 5.74) is 10.0. The number of hydrogen-bond donors (Lipinski definition) is 4. The molecule has 0 saturated carbocycles. The van der Waals surface area contributed by atoms with Crippen molar-refractivity contribution in [1.29, 1.82) is 0 Å². The molecular weight excluding hydrogens is 252 g/mol. The molecule has 0 saturated heterocycles. The number of aryl methyl sites for hydroxylation is 1. The SMILES string of the molecule is CC(CO)C(O)CCn1cnc(C(N)=O)c1C(N)=O. The summed E-state index contributed by atoms with van der Waals surface area (Å²) in [4.78, 5) is 26.1. The molecule has 0 fully saturated rings. The third-order valence-electron chi connectivity index (χ3n) is 2.92. The summed E-state index contributed by atoms with van der Waals surface area (Å²) in [6.07, 6.45) is 0.831. The van der Waals surface area contributed by atoms with Crippen LogP contribution in [0.1, 0.15) is 34.3 Å². The van der Waals surface area contributed by atoms with Gasteiger partial charge in [-0.3, -0.25) is 9.59 Å². The van der Waals surface area contributed by atoms with Gasteiger partial charge in [-0.05, 0) is 6.42 Å². The number of primary amides is 2. The van der Waals surface area contributed by atoms with Crippen LogP contribution in [0.2, 0.25) is 0 Å². The van der Waals surface area contributed by atoms with Crippen LogP contribution < -0.4 is 11.5 Å². The summed E-state index contributed by atoms with van der Waals surface area (Å²) in [7, 11) is 0. The van der Waals surface area contributed by atoms with Crippen LogP contribution >= 0.6 is 0 Å². The van der Waals surface area contributed by atoms with Crippen LogP contribution in [0.3, 0.4) is 0 Å². The molecule has 6 N–H and O–H groups in total. The molecule has 0 bridgehead atoms. The molecule has 0 aliphatic heterocycles. The van der Waals surface area contributed by atoms with Crippen molar-refractivity contribution in [3.05, 3.63) is 17.7 Å². The number of aromatic nitrogens is 2. The van der Waals surface area contributed by atoms with Gasteiger partial charge in [0.25, 0.3) is 11.8 Å². The number of carbonyl (C=O) groups is 2. The molecule has 1 aromatic rings. The lowest BCUT2D eigenvalue weighted by Gasteiger charge is -2.17. The van der Waals surface area contributed by atoms with E-state index in [1.165, 1.54) is 10.9 Å². The van der Waals surface area contributed by atoms with Crippen molar-refractivity contribution in [3.63, 3.8) is 0 Å². The average Bonchev–Trinajstić information content (AvgIpc) is 2.78. The van der Waals surface area contributed by atoms with Gasteiger partial charge in [-0.25, -0.2) is 4.98 Å². The van der Waals surface area contributed by atoms with Crippen molar-refractivity contribution in [2.45, 2.75) is 26.0 Å². The summed E-state index contributed by atoms with van der Waals surface area (Å²) < 4.78 is 1.37. The third-order valence-corrected chi connectivity index (χ3v) is 2.92. The second-order valence-corrected chi connectivity index (χ2v) is 4.38. The van der Waals surface area contributed by atoms with Crippen molar-refractivity contribution in [1.82, 2.24) is 9.55 Å². The zero-order valence-electron chi connectivity index (χ0n) is 10.6. The van der Waals surface area contributed by atoms with Gasteiger partial charge in [-0.2, -0.15) is 0 Å². The Morgan fingerprint density at radius 1 is 1.42 bits per heavy atom. The van der Waals surface area contributed by atoms with E-state index in [0.717, 1.165) is 0 Å². The van der Waals surface area contributed by atoms with Gasteiger partial charge in [-0.15, -0.1) is 0 Å². The van der Waals surface area contributed by atoms with Crippen LogP contribution in [0.5, 0.6) is 0 Å². The number of aliphatic hydroxyl groups is 2. The highest BCUT2D eigenvalue weighted by atomic mass is 16.3. The molecule has 1 aromatic heterocycles. The second kappa shape index (κ2) is 6.30. The van der Waals surface area contributed by atoms with E-state index in [2.05, 4.69) is 4.98 Å². The first kappa shape index (κ1) is 15.1. The normalized spacial score (nSPS) is 14.1. The summed E-state index contributed by atoms with van der Waals surface area (Å²) >= 11 is 0. The molecule has 106 valence electrons. The fraction of sp³-hybridized carbons (Fsp3) is 0.545. The Morgan fingerprint density at radius 2 is 2.05 bits per heavy atom. The first-order chi connectivity index (χ1) is 8.88. The lowest BCUT2D eigenvalue weighted by atomic mass is 10.0. The molecule has 1 rings (SSSR count). The predicted octanol–water partition coefficient (Wildman–Crippen LogP) is -1.54. The van der Waals surface area contributed by atoms with E-state index in [-0.39, 0.29) is 36.9 Å². The van der Waals surface area contributed by atoms with Crippen LogP contribution in [0, 0.1) is 5.92 Å². The van der Waals surface area contributed by atoms with Crippen LogP contribution in [-0.4, -0.2) is 44.3 Å². The number of imidazole rings is 1. The summed E-state index contributed by atoms with van der Waals surface area (Å²) in [5, 5.41) is 18.6. The first-order valence-electron chi connectivity index (χ1n) is 5.82. The maximum atomic E-state index is 11.3. The highest BCUT2D eigenvalue weighted by Crippen LogP contribution is 2.11. The van der Waals surface area contributed by atoms with Gasteiger partial charge in [-0.1, -0.05) is 6.92 Å². The largest absolute Gasteiger partial charge is 0.396 e. The van der Waals surface area contributed by atoms with E-state index in [1.807, 2.05) is 0 Å². The molecule has 0 aromatic carbocycles. The van der Waals surface area contributed by atoms with E-state index < -0.39 is 17.9 Å². The molecule has 0 radical (unpaired) electrons. The minimum atomic E-state index is -0.836. The Hall–Kier alpha value is -1.93. The molecule has 8 heteroatoms. The topological polar surface area (TPSA) is 144 Å². The number of amides is 2. The standard InChI is InChI=1S/C11H18N4O4/c1-6(4-16)7(17)2-3-15-5-14-8(10(12)18)9(15)11(13)19/h5-7,16-17H,2-4H2,1H3,(H2,12,18)(H2,13,19). The minimum Gasteiger partial charge on any atom is -0.396 e. The van der Waals surface area contributed by atoms with Crippen molar-refractivity contribution < 1.29 is 19.8 Å². The van der Waals surface area contributed by atoms with E-state index in [4.69, 9.17) is 16.6 Å². The van der Waals surface area contributed by atoms with Gasteiger partial charge in [0.1, 0.15) is 5.69 Å². The number of nitrogens with two attached hydrogens (primary N) is 2. The summed E-state index contributed by atoms with van der Waals surface area (Å²) in [6.45, 7) is 1.80. The summed E-state index contributed by atoms with van der Waals surface area (Å²) in [5.74, 6) is -1.93. The lowest BCUT2D eigenvalue weighted by molar-refractivity contribution is 0.0668. The van der Waals surface area contributed by atoms with Crippen LogP contribution in [0.4, 0.5) is 0 Å². The van der Waals surface area contributed by atoms with Gasteiger partial charge in [0.2, 0.25) is 0 Å². The Morgan fingerprint density at radius 3 is 2.53 bits per heavy atom. The molecule has 2 unspecified atom stereocenters. The minimum absolute atomic E-state index is 0.0728. The molecule has 2 amide bonds. The Bertz CT molecular complexity index is 471. The van der Waals surface area contributed by atoms with E-state index >= 15 is 0 Å². The van der Waals surface area contributed by atoms with E-state index in [0.29, 0.717) is 0 Å². The maximum Gasteiger partial charge on any atom is 0.269 e. The molecule has 0 aliphatic rings. The molecule has 0 aliphatic carbocycles.